The minimum atomic E-state index is -0.387. The van der Waals surface area contributed by atoms with Gasteiger partial charge in [0.1, 0.15) is 5.75 Å². The van der Waals surface area contributed by atoms with E-state index in [4.69, 9.17) is 4.74 Å². The van der Waals surface area contributed by atoms with Crippen molar-refractivity contribution >= 4 is 5.91 Å². The number of ether oxygens (including phenoxy) is 1. The van der Waals surface area contributed by atoms with Crippen molar-refractivity contribution in [3.8, 4) is 5.75 Å². The lowest BCUT2D eigenvalue weighted by Crippen LogP contribution is -2.51. The first-order valence-corrected chi connectivity index (χ1v) is 7.84. The molecule has 1 N–H and O–H groups in total. The highest BCUT2D eigenvalue weighted by Crippen LogP contribution is 2.20. The average Bonchev–Trinajstić information content (AvgIpc) is 2.53. The van der Waals surface area contributed by atoms with Crippen LogP contribution in [-0.2, 0) is 4.79 Å². The molecule has 1 heterocycles. The first-order valence-electron chi connectivity index (χ1n) is 7.84. The standard InChI is InChI=1S/C17H26N2O2/c1-4-15(21-16-10-6-5-8-13(16)2)17(20)19-11-7-9-14(12-19)18-3/h5-6,8,10,14-15,18H,4,7,9,11-12H2,1-3H3. The second-order valence-electron chi connectivity index (χ2n) is 5.69. The molecule has 4 nitrogen and oxygen atoms in total. The second kappa shape index (κ2) is 7.46. The lowest BCUT2D eigenvalue weighted by atomic mass is 10.0. The monoisotopic (exact) mass is 290 g/mol. The maximum Gasteiger partial charge on any atom is 0.263 e. The van der Waals surface area contributed by atoms with Crippen molar-refractivity contribution in [2.75, 3.05) is 20.1 Å². The predicted octanol–water partition coefficient (Wildman–Crippen LogP) is 2.36. The van der Waals surface area contributed by atoms with Crippen molar-refractivity contribution in [1.29, 1.82) is 0 Å². The number of amides is 1. The third kappa shape index (κ3) is 3.97. The van der Waals surface area contributed by atoms with Gasteiger partial charge in [-0.3, -0.25) is 4.79 Å². The van der Waals surface area contributed by atoms with E-state index in [2.05, 4.69) is 5.32 Å². The summed E-state index contributed by atoms with van der Waals surface area (Å²) in [6.45, 7) is 5.62. The fraction of sp³-hybridized carbons (Fsp3) is 0.588. The number of likely N-dealkylation sites (tertiary alicyclic amines) is 1. The largest absolute Gasteiger partial charge is 0.480 e. The third-order valence-electron chi connectivity index (χ3n) is 4.15. The molecule has 4 heteroatoms. The molecule has 1 aromatic carbocycles. The normalized spacial score (nSPS) is 20.1. The van der Waals surface area contributed by atoms with Gasteiger partial charge in [-0.15, -0.1) is 0 Å². The number of benzene rings is 1. The molecule has 1 aliphatic rings. The Labute approximate surface area is 127 Å². The number of likely N-dealkylation sites (N-methyl/N-ethyl adjacent to an activating group) is 1. The molecule has 2 unspecified atom stereocenters. The van der Waals surface area contributed by atoms with E-state index in [1.165, 1.54) is 0 Å². The summed E-state index contributed by atoms with van der Waals surface area (Å²) < 4.78 is 5.97. The summed E-state index contributed by atoms with van der Waals surface area (Å²) in [5.74, 6) is 0.917. The molecule has 0 bridgehead atoms. The highest BCUT2D eigenvalue weighted by Gasteiger charge is 2.28. The van der Waals surface area contributed by atoms with E-state index in [1.54, 1.807) is 0 Å². The summed E-state index contributed by atoms with van der Waals surface area (Å²) in [7, 11) is 1.96. The molecule has 0 aliphatic carbocycles. The van der Waals surface area contributed by atoms with Crippen LogP contribution in [0.5, 0.6) is 5.75 Å². The Bertz CT molecular complexity index is 476. The molecule has 2 rings (SSSR count). The Morgan fingerprint density at radius 2 is 2.24 bits per heavy atom. The Balaban J connectivity index is 2.03. The molecule has 2 atom stereocenters. The SMILES string of the molecule is CCC(Oc1ccccc1C)C(=O)N1CCCC(NC)C1. The lowest BCUT2D eigenvalue weighted by molar-refractivity contribution is -0.140. The molecule has 1 amide bonds. The maximum absolute atomic E-state index is 12.7. The molecule has 0 spiro atoms. The van der Waals surface area contributed by atoms with Crippen molar-refractivity contribution < 1.29 is 9.53 Å². The highest BCUT2D eigenvalue weighted by molar-refractivity contribution is 5.81. The number of piperidine rings is 1. The number of para-hydroxylation sites is 1. The Morgan fingerprint density at radius 1 is 1.48 bits per heavy atom. The molecule has 21 heavy (non-hydrogen) atoms. The van der Waals surface area contributed by atoms with Crippen LogP contribution in [0, 0.1) is 6.92 Å². The van der Waals surface area contributed by atoms with Gasteiger partial charge >= 0.3 is 0 Å². The number of carbonyl (C=O) groups excluding carboxylic acids is 1. The molecule has 0 saturated carbocycles. The van der Waals surface area contributed by atoms with Crippen LogP contribution in [0.1, 0.15) is 31.7 Å². The zero-order chi connectivity index (χ0) is 15.2. The Morgan fingerprint density at radius 3 is 2.90 bits per heavy atom. The molecule has 0 radical (unpaired) electrons. The highest BCUT2D eigenvalue weighted by atomic mass is 16.5. The van der Waals surface area contributed by atoms with Crippen LogP contribution >= 0.6 is 0 Å². The number of carbonyl (C=O) groups is 1. The van der Waals surface area contributed by atoms with Gasteiger partial charge in [0.2, 0.25) is 0 Å². The quantitative estimate of drug-likeness (QED) is 0.905. The Kier molecular flexibility index (Phi) is 5.62. The molecule has 1 fully saturated rings. The van der Waals surface area contributed by atoms with E-state index in [0.717, 1.165) is 37.2 Å². The summed E-state index contributed by atoms with van der Waals surface area (Å²) in [6.07, 6.45) is 2.49. The number of aryl methyl sites for hydroxylation is 1. The van der Waals surface area contributed by atoms with Gasteiger partial charge in [0.15, 0.2) is 6.10 Å². The van der Waals surface area contributed by atoms with Gasteiger partial charge < -0.3 is 15.0 Å². The van der Waals surface area contributed by atoms with Crippen LogP contribution in [0.25, 0.3) is 0 Å². The molecule has 116 valence electrons. The minimum absolute atomic E-state index is 0.112. The summed E-state index contributed by atoms with van der Waals surface area (Å²) >= 11 is 0. The zero-order valence-electron chi connectivity index (χ0n) is 13.3. The molecule has 1 saturated heterocycles. The van der Waals surface area contributed by atoms with Crippen molar-refractivity contribution in [2.45, 2.75) is 45.3 Å². The summed E-state index contributed by atoms with van der Waals surface area (Å²) in [5.41, 5.74) is 1.07. The van der Waals surface area contributed by atoms with Crippen molar-refractivity contribution in [1.82, 2.24) is 10.2 Å². The van der Waals surface area contributed by atoms with Crippen LogP contribution in [0.3, 0.4) is 0 Å². The van der Waals surface area contributed by atoms with Gasteiger partial charge in [-0.25, -0.2) is 0 Å². The van der Waals surface area contributed by atoms with Gasteiger partial charge in [0.25, 0.3) is 5.91 Å². The molecule has 1 aliphatic heterocycles. The van der Waals surface area contributed by atoms with Gasteiger partial charge in [-0.2, -0.15) is 0 Å². The van der Waals surface area contributed by atoms with Crippen LogP contribution < -0.4 is 10.1 Å². The summed E-state index contributed by atoms with van der Waals surface area (Å²) in [6, 6.07) is 8.26. The summed E-state index contributed by atoms with van der Waals surface area (Å²) in [5, 5.41) is 3.27. The van der Waals surface area contributed by atoms with Gasteiger partial charge in [-0.1, -0.05) is 25.1 Å². The fourth-order valence-corrected chi connectivity index (χ4v) is 2.77. The third-order valence-corrected chi connectivity index (χ3v) is 4.15. The topological polar surface area (TPSA) is 41.6 Å². The number of rotatable bonds is 5. The van der Waals surface area contributed by atoms with E-state index in [-0.39, 0.29) is 12.0 Å². The zero-order valence-corrected chi connectivity index (χ0v) is 13.3. The van der Waals surface area contributed by atoms with E-state index >= 15 is 0 Å². The molecular weight excluding hydrogens is 264 g/mol. The van der Waals surface area contributed by atoms with Crippen LogP contribution in [0.2, 0.25) is 0 Å². The van der Waals surface area contributed by atoms with Crippen LogP contribution in [0.15, 0.2) is 24.3 Å². The number of nitrogens with zero attached hydrogens (tertiary/aromatic N) is 1. The average molecular weight is 290 g/mol. The van der Waals surface area contributed by atoms with Gasteiger partial charge in [-0.05, 0) is 44.9 Å². The molecule has 0 aromatic heterocycles. The first kappa shape index (κ1) is 15.8. The van der Waals surface area contributed by atoms with Crippen molar-refractivity contribution in [3.05, 3.63) is 29.8 Å². The predicted molar refractivity (Wildman–Crippen MR) is 84.5 cm³/mol. The number of nitrogens with one attached hydrogen (secondary N) is 1. The van der Waals surface area contributed by atoms with Crippen molar-refractivity contribution in [3.63, 3.8) is 0 Å². The van der Waals surface area contributed by atoms with E-state index in [1.807, 2.05) is 50.1 Å². The minimum Gasteiger partial charge on any atom is -0.480 e. The second-order valence-corrected chi connectivity index (χ2v) is 5.69. The van der Waals surface area contributed by atoms with Crippen molar-refractivity contribution in [2.24, 2.45) is 0 Å². The van der Waals surface area contributed by atoms with E-state index in [0.29, 0.717) is 12.5 Å². The molecular formula is C17H26N2O2. The number of hydrogen-bond donors (Lipinski definition) is 1. The molecule has 1 aromatic rings. The maximum atomic E-state index is 12.7. The van der Waals surface area contributed by atoms with E-state index in [9.17, 15) is 4.79 Å². The fourth-order valence-electron chi connectivity index (χ4n) is 2.77. The van der Waals surface area contributed by atoms with Gasteiger partial charge in [0.05, 0.1) is 0 Å². The smallest absolute Gasteiger partial charge is 0.263 e. The number of hydrogen-bond acceptors (Lipinski definition) is 3. The summed E-state index contributed by atoms with van der Waals surface area (Å²) in [4.78, 5) is 14.6. The first-order chi connectivity index (χ1) is 10.2. The van der Waals surface area contributed by atoms with Crippen LogP contribution in [-0.4, -0.2) is 43.1 Å². The van der Waals surface area contributed by atoms with Crippen LogP contribution in [0.4, 0.5) is 0 Å². The lowest BCUT2D eigenvalue weighted by Gasteiger charge is -2.34. The van der Waals surface area contributed by atoms with Gasteiger partial charge in [0, 0.05) is 19.1 Å². The Hall–Kier alpha value is -1.55. The van der Waals surface area contributed by atoms with E-state index < -0.39 is 0 Å².